The number of hydrogen-bond acceptors (Lipinski definition) is 3. The van der Waals surface area contributed by atoms with Crippen LogP contribution in [0, 0.1) is 6.92 Å². The van der Waals surface area contributed by atoms with E-state index < -0.39 is 6.10 Å². The van der Waals surface area contributed by atoms with Gasteiger partial charge in [-0.1, -0.05) is 42.7 Å². The van der Waals surface area contributed by atoms with E-state index in [1.165, 1.54) is 0 Å². The molecule has 0 saturated heterocycles. The largest absolute Gasteiger partial charge is 0.391 e. The van der Waals surface area contributed by atoms with Gasteiger partial charge in [-0.25, -0.2) is 0 Å². The SMILES string of the molecule is Cc1ccc(C(=O)CCC(=O)NC2CCCCC2O)cc1. The second-order valence-corrected chi connectivity index (χ2v) is 5.82. The molecule has 0 bridgehead atoms. The van der Waals surface area contributed by atoms with Gasteiger partial charge >= 0.3 is 0 Å². The number of ketones is 1. The highest BCUT2D eigenvalue weighted by Gasteiger charge is 2.24. The summed E-state index contributed by atoms with van der Waals surface area (Å²) >= 11 is 0. The number of amides is 1. The first-order valence-electron chi connectivity index (χ1n) is 7.63. The lowest BCUT2D eigenvalue weighted by Crippen LogP contribution is -2.45. The highest BCUT2D eigenvalue weighted by atomic mass is 16.3. The van der Waals surface area contributed by atoms with E-state index in [0.29, 0.717) is 5.56 Å². The molecule has 1 fully saturated rings. The molecule has 2 unspecified atom stereocenters. The molecule has 114 valence electrons. The van der Waals surface area contributed by atoms with Gasteiger partial charge in [0, 0.05) is 18.4 Å². The van der Waals surface area contributed by atoms with Crippen LogP contribution in [-0.4, -0.2) is 28.9 Å². The molecule has 1 aliphatic rings. The molecule has 2 atom stereocenters. The van der Waals surface area contributed by atoms with Crippen molar-refractivity contribution in [2.24, 2.45) is 0 Å². The van der Waals surface area contributed by atoms with E-state index >= 15 is 0 Å². The summed E-state index contributed by atoms with van der Waals surface area (Å²) in [5.41, 5.74) is 1.75. The molecular formula is C17H23NO3. The number of Topliss-reactive ketones (excluding diaryl/α,β-unsaturated/α-hetero) is 1. The predicted octanol–water partition coefficient (Wildman–Crippen LogP) is 2.38. The first-order chi connectivity index (χ1) is 10.1. The summed E-state index contributed by atoms with van der Waals surface area (Å²) in [5.74, 6) is -0.171. The summed E-state index contributed by atoms with van der Waals surface area (Å²) in [5, 5.41) is 12.7. The van der Waals surface area contributed by atoms with E-state index in [9.17, 15) is 14.7 Å². The Morgan fingerprint density at radius 2 is 1.81 bits per heavy atom. The second-order valence-electron chi connectivity index (χ2n) is 5.82. The van der Waals surface area contributed by atoms with Gasteiger partial charge in [0.1, 0.15) is 0 Å². The lowest BCUT2D eigenvalue weighted by molar-refractivity contribution is -0.123. The van der Waals surface area contributed by atoms with Crippen molar-refractivity contribution in [1.82, 2.24) is 5.32 Å². The van der Waals surface area contributed by atoms with E-state index in [0.717, 1.165) is 31.2 Å². The number of carbonyl (C=O) groups is 2. The normalized spacial score (nSPS) is 21.8. The van der Waals surface area contributed by atoms with Crippen molar-refractivity contribution in [2.45, 2.75) is 57.6 Å². The van der Waals surface area contributed by atoms with Gasteiger partial charge in [0.2, 0.25) is 5.91 Å². The molecule has 0 aromatic heterocycles. The Morgan fingerprint density at radius 1 is 1.14 bits per heavy atom. The number of aliphatic hydroxyl groups excluding tert-OH is 1. The Bertz CT molecular complexity index is 495. The highest BCUT2D eigenvalue weighted by Crippen LogP contribution is 2.18. The summed E-state index contributed by atoms with van der Waals surface area (Å²) < 4.78 is 0. The number of hydrogen-bond donors (Lipinski definition) is 2. The van der Waals surface area contributed by atoms with Gasteiger partial charge in [-0.3, -0.25) is 9.59 Å². The monoisotopic (exact) mass is 289 g/mol. The van der Waals surface area contributed by atoms with Crippen LogP contribution < -0.4 is 5.32 Å². The zero-order valence-electron chi connectivity index (χ0n) is 12.5. The summed E-state index contributed by atoms with van der Waals surface area (Å²) in [7, 11) is 0. The predicted molar refractivity (Wildman–Crippen MR) is 81.1 cm³/mol. The first-order valence-corrected chi connectivity index (χ1v) is 7.63. The number of aliphatic hydroxyl groups is 1. The van der Waals surface area contributed by atoms with Crippen LogP contribution in [0.15, 0.2) is 24.3 Å². The van der Waals surface area contributed by atoms with Gasteiger partial charge in [-0.2, -0.15) is 0 Å². The molecule has 1 amide bonds. The highest BCUT2D eigenvalue weighted by molar-refractivity contribution is 5.97. The van der Waals surface area contributed by atoms with Crippen LogP contribution in [0.2, 0.25) is 0 Å². The van der Waals surface area contributed by atoms with Crippen LogP contribution in [0.4, 0.5) is 0 Å². The van der Waals surface area contributed by atoms with Crippen molar-refractivity contribution in [3.05, 3.63) is 35.4 Å². The van der Waals surface area contributed by atoms with Crippen LogP contribution >= 0.6 is 0 Å². The fourth-order valence-electron chi connectivity index (χ4n) is 2.67. The maximum atomic E-state index is 12.0. The standard InChI is InChI=1S/C17H23NO3/c1-12-6-8-13(9-7-12)15(19)10-11-17(21)18-14-4-2-3-5-16(14)20/h6-9,14,16,20H,2-5,10-11H2,1H3,(H,18,21). The first kappa shape index (κ1) is 15.7. The number of nitrogens with one attached hydrogen (secondary N) is 1. The molecule has 21 heavy (non-hydrogen) atoms. The molecule has 1 saturated carbocycles. The fraction of sp³-hybridized carbons (Fsp3) is 0.529. The molecule has 2 rings (SSSR count). The Balaban J connectivity index is 1.78. The van der Waals surface area contributed by atoms with E-state index in [4.69, 9.17) is 0 Å². The van der Waals surface area contributed by atoms with Crippen LogP contribution in [0.5, 0.6) is 0 Å². The number of aryl methyl sites for hydroxylation is 1. The quantitative estimate of drug-likeness (QED) is 0.818. The molecule has 0 heterocycles. The third kappa shape index (κ3) is 4.67. The minimum atomic E-state index is -0.449. The molecule has 1 aromatic carbocycles. The Morgan fingerprint density at radius 3 is 2.48 bits per heavy atom. The minimum absolute atomic E-state index is 0.0191. The maximum Gasteiger partial charge on any atom is 0.220 e. The van der Waals surface area contributed by atoms with Crippen molar-refractivity contribution >= 4 is 11.7 Å². The number of carbonyl (C=O) groups excluding carboxylic acids is 2. The van der Waals surface area contributed by atoms with Crippen molar-refractivity contribution in [1.29, 1.82) is 0 Å². The molecular weight excluding hydrogens is 266 g/mol. The smallest absolute Gasteiger partial charge is 0.220 e. The van der Waals surface area contributed by atoms with Crippen molar-refractivity contribution in [2.75, 3.05) is 0 Å². The van der Waals surface area contributed by atoms with E-state index in [1.54, 1.807) is 12.1 Å². The molecule has 1 aromatic rings. The van der Waals surface area contributed by atoms with Crippen LogP contribution in [0.3, 0.4) is 0 Å². The molecule has 2 N–H and O–H groups in total. The molecule has 0 radical (unpaired) electrons. The summed E-state index contributed by atoms with van der Waals surface area (Å²) in [6.07, 6.45) is 3.54. The molecule has 0 aliphatic heterocycles. The van der Waals surface area contributed by atoms with E-state index in [2.05, 4.69) is 5.32 Å². The third-order valence-corrected chi connectivity index (χ3v) is 4.03. The summed E-state index contributed by atoms with van der Waals surface area (Å²) in [4.78, 5) is 23.9. The van der Waals surface area contributed by atoms with E-state index in [-0.39, 0.29) is 30.6 Å². The van der Waals surface area contributed by atoms with Gasteiger partial charge in [-0.05, 0) is 19.8 Å². The van der Waals surface area contributed by atoms with Crippen molar-refractivity contribution in [3.8, 4) is 0 Å². The minimum Gasteiger partial charge on any atom is -0.391 e. The lowest BCUT2D eigenvalue weighted by atomic mass is 9.92. The van der Waals surface area contributed by atoms with Gasteiger partial charge in [0.05, 0.1) is 12.1 Å². The fourth-order valence-corrected chi connectivity index (χ4v) is 2.67. The van der Waals surface area contributed by atoms with Gasteiger partial charge in [0.25, 0.3) is 0 Å². The van der Waals surface area contributed by atoms with Gasteiger partial charge in [0.15, 0.2) is 5.78 Å². The summed E-state index contributed by atoms with van der Waals surface area (Å²) in [6, 6.07) is 7.22. The average molecular weight is 289 g/mol. The Labute approximate surface area is 125 Å². The van der Waals surface area contributed by atoms with Crippen LogP contribution in [-0.2, 0) is 4.79 Å². The number of benzene rings is 1. The van der Waals surface area contributed by atoms with Gasteiger partial charge < -0.3 is 10.4 Å². The van der Waals surface area contributed by atoms with Crippen LogP contribution in [0.25, 0.3) is 0 Å². The van der Waals surface area contributed by atoms with E-state index in [1.807, 2.05) is 19.1 Å². The van der Waals surface area contributed by atoms with Crippen molar-refractivity contribution < 1.29 is 14.7 Å². The summed E-state index contributed by atoms with van der Waals surface area (Å²) in [6.45, 7) is 1.97. The molecule has 4 nitrogen and oxygen atoms in total. The third-order valence-electron chi connectivity index (χ3n) is 4.03. The molecule has 4 heteroatoms. The van der Waals surface area contributed by atoms with Crippen molar-refractivity contribution in [3.63, 3.8) is 0 Å². The topological polar surface area (TPSA) is 66.4 Å². The zero-order chi connectivity index (χ0) is 15.2. The number of rotatable bonds is 5. The van der Waals surface area contributed by atoms with Crippen LogP contribution in [0.1, 0.15) is 54.4 Å². The Kier molecular flexibility index (Phi) is 5.51. The second kappa shape index (κ2) is 7.36. The maximum absolute atomic E-state index is 12.0. The molecule has 1 aliphatic carbocycles. The van der Waals surface area contributed by atoms with Gasteiger partial charge in [-0.15, -0.1) is 0 Å². The zero-order valence-corrected chi connectivity index (χ0v) is 12.5. The molecule has 0 spiro atoms. The Hall–Kier alpha value is -1.68. The average Bonchev–Trinajstić information content (AvgIpc) is 2.48. The lowest BCUT2D eigenvalue weighted by Gasteiger charge is -2.28.